The first kappa shape index (κ1) is 17.0. The van der Waals surface area contributed by atoms with Crippen LogP contribution in [0.2, 0.25) is 0 Å². The third-order valence-electron chi connectivity index (χ3n) is 3.31. The summed E-state index contributed by atoms with van der Waals surface area (Å²) >= 11 is 0. The molecule has 0 amide bonds. The van der Waals surface area contributed by atoms with Gasteiger partial charge in [-0.05, 0) is 30.2 Å². The molecule has 0 bridgehead atoms. The summed E-state index contributed by atoms with van der Waals surface area (Å²) in [6, 6.07) is 13.4. The summed E-state index contributed by atoms with van der Waals surface area (Å²) < 4.78 is 24.4. The van der Waals surface area contributed by atoms with E-state index < -0.39 is 17.8 Å². The number of hydrogen-bond acceptors (Lipinski definition) is 4. The van der Waals surface area contributed by atoms with Gasteiger partial charge in [-0.15, -0.1) is 0 Å². The fourth-order valence-corrected chi connectivity index (χ4v) is 2.12. The van der Waals surface area contributed by atoms with Gasteiger partial charge in [0.2, 0.25) is 0 Å². The molecule has 23 heavy (non-hydrogen) atoms. The lowest BCUT2D eigenvalue weighted by Gasteiger charge is -2.13. The van der Waals surface area contributed by atoms with Crippen LogP contribution in [0.3, 0.4) is 0 Å². The molecular formula is C18H20FNO3. The van der Waals surface area contributed by atoms with E-state index in [4.69, 9.17) is 15.2 Å². The lowest BCUT2D eigenvalue weighted by Crippen LogP contribution is -2.17. The predicted octanol–water partition coefficient (Wildman–Crippen LogP) is 3.36. The molecule has 122 valence electrons. The summed E-state index contributed by atoms with van der Waals surface area (Å²) in [5.74, 6) is -0.747. The number of esters is 1. The third-order valence-corrected chi connectivity index (χ3v) is 3.31. The van der Waals surface area contributed by atoms with Crippen LogP contribution in [0.4, 0.5) is 4.39 Å². The number of carbonyl (C=O) groups is 1. The molecule has 2 aromatic carbocycles. The van der Waals surface area contributed by atoms with Crippen molar-refractivity contribution in [1.29, 1.82) is 0 Å². The topological polar surface area (TPSA) is 61.5 Å². The highest BCUT2D eigenvalue weighted by Gasteiger charge is 2.15. The van der Waals surface area contributed by atoms with Crippen LogP contribution in [0.15, 0.2) is 48.5 Å². The number of halogens is 1. The maximum Gasteiger partial charge on any atom is 0.307 e. The maximum absolute atomic E-state index is 14.1. The molecule has 0 aliphatic rings. The van der Waals surface area contributed by atoms with Crippen LogP contribution in [0.1, 0.15) is 30.5 Å². The molecule has 5 heteroatoms. The Kier molecular flexibility index (Phi) is 6.11. The predicted molar refractivity (Wildman–Crippen MR) is 85.4 cm³/mol. The van der Waals surface area contributed by atoms with Gasteiger partial charge in [-0.1, -0.05) is 36.4 Å². The third kappa shape index (κ3) is 5.07. The Morgan fingerprint density at radius 1 is 1.22 bits per heavy atom. The van der Waals surface area contributed by atoms with Crippen LogP contribution in [0, 0.1) is 5.82 Å². The van der Waals surface area contributed by atoms with Crippen LogP contribution < -0.4 is 10.5 Å². The fraction of sp³-hybridized carbons (Fsp3) is 0.278. The Bertz CT molecular complexity index is 646. The van der Waals surface area contributed by atoms with E-state index in [1.165, 1.54) is 12.1 Å². The minimum Gasteiger partial charge on any atom is -0.486 e. The van der Waals surface area contributed by atoms with Gasteiger partial charge in [-0.2, -0.15) is 0 Å². The first-order valence-corrected chi connectivity index (χ1v) is 7.47. The van der Waals surface area contributed by atoms with Gasteiger partial charge in [-0.3, -0.25) is 4.79 Å². The minimum absolute atomic E-state index is 0.0114. The van der Waals surface area contributed by atoms with E-state index in [0.717, 1.165) is 5.56 Å². The normalized spacial score (nSPS) is 11.8. The van der Waals surface area contributed by atoms with Crippen molar-refractivity contribution in [3.05, 3.63) is 65.5 Å². The lowest BCUT2D eigenvalue weighted by atomic mass is 10.0. The largest absolute Gasteiger partial charge is 0.486 e. The molecular weight excluding hydrogens is 297 g/mol. The molecule has 0 saturated carbocycles. The summed E-state index contributed by atoms with van der Waals surface area (Å²) in [5.41, 5.74) is 7.39. The van der Waals surface area contributed by atoms with Gasteiger partial charge in [-0.25, -0.2) is 4.39 Å². The summed E-state index contributed by atoms with van der Waals surface area (Å²) in [4.78, 5) is 11.4. The number of benzene rings is 2. The molecule has 4 nitrogen and oxygen atoms in total. The molecule has 0 aliphatic heterocycles. The second kappa shape index (κ2) is 8.29. The van der Waals surface area contributed by atoms with Crippen molar-refractivity contribution in [2.45, 2.75) is 26.0 Å². The molecule has 0 fully saturated rings. The summed E-state index contributed by atoms with van der Waals surface area (Å²) in [6.45, 7) is 2.31. The van der Waals surface area contributed by atoms with E-state index in [1.807, 2.05) is 30.3 Å². The maximum atomic E-state index is 14.1. The summed E-state index contributed by atoms with van der Waals surface area (Å²) in [5, 5.41) is 0. The number of hydrogen-bond donors (Lipinski definition) is 1. The van der Waals surface area contributed by atoms with Gasteiger partial charge in [0, 0.05) is 6.04 Å². The monoisotopic (exact) mass is 317 g/mol. The SMILES string of the molecule is CCOC(=O)C[C@H](N)c1ccc(OCc2ccccc2)c(F)c1. The van der Waals surface area contributed by atoms with Crippen LogP contribution in [-0.2, 0) is 16.1 Å². The fourth-order valence-electron chi connectivity index (χ4n) is 2.12. The van der Waals surface area contributed by atoms with Crippen molar-refractivity contribution in [3.63, 3.8) is 0 Å². The molecule has 2 N–H and O–H groups in total. The zero-order valence-electron chi connectivity index (χ0n) is 13.0. The number of ether oxygens (including phenoxy) is 2. The Morgan fingerprint density at radius 2 is 1.96 bits per heavy atom. The Labute approximate surface area is 135 Å². The molecule has 0 heterocycles. The van der Waals surface area contributed by atoms with Crippen LogP contribution >= 0.6 is 0 Å². The molecule has 0 spiro atoms. The lowest BCUT2D eigenvalue weighted by molar-refractivity contribution is -0.143. The van der Waals surface area contributed by atoms with Gasteiger partial charge in [0.15, 0.2) is 11.6 Å². The van der Waals surface area contributed by atoms with Crippen LogP contribution in [0.25, 0.3) is 0 Å². The van der Waals surface area contributed by atoms with Gasteiger partial charge in [0.25, 0.3) is 0 Å². The van der Waals surface area contributed by atoms with Crippen molar-refractivity contribution in [1.82, 2.24) is 0 Å². The van der Waals surface area contributed by atoms with E-state index in [9.17, 15) is 9.18 Å². The highest BCUT2D eigenvalue weighted by Crippen LogP contribution is 2.23. The first-order valence-electron chi connectivity index (χ1n) is 7.47. The van der Waals surface area contributed by atoms with Crippen LogP contribution in [0.5, 0.6) is 5.75 Å². The molecule has 0 radical (unpaired) electrons. The second-order valence-corrected chi connectivity index (χ2v) is 5.08. The number of rotatable bonds is 7. The van der Waals surface area contributed by atoms with Gasteiger partial charge < -0.3 is 15.2 Å². The van der Waals surface area contributed by atoms with E-state index in [1.54, 1.807) is 13.0 Å². The van der Waals surface area contributed by atoms with Gasteiger partial charge in [0.05, 0.1) is 13.0 Å². The first-order chi connectivity index (χ1) is 11.1. The quantitative estimate of drug-likeness (QED) is 0.796. The van der Waals surface area contributed by atoms with Crippen molar-refractivity contribution in [2.75, 3.05) is 6.61 Å². The van der Waals surface area contributed by atoms with Crippen molar-refractivity contribution in [2.24, 2.45) is 5.73 Å². The van der Waals surface area contributed by atoms with E-state index in [2.05, 4.69) is 0 Å². The summed E-state index contributed by atoms with van der Waals surface area (Å²) in [6.07, 6.45) is 0.0114. The Morgan fingerprint density at radius 3 is 2.61 bits per heavy atom. The van der Waals surface area contributed by atoms with Crippen LogP contribution in [-0.4, -0.2) is 12.6 Å². The molecule has 0 aromatic heterocycles. The Hall–Kier alpha value is -2.40. The van der Waals surface area contributed by atoms with Crippen molar-refractivity contribution in [3.8, 4) is 5.75 Å². The number of nitrogens with two attached hydrogens (primary N) is 1. The van der Waals surface area contributed by atoms with E-state index in [-0.39, 0.29) is 18.8 Å². The van der Waals surface area contributed by atoms with Gasteiger partial charge >= 0.3 is 5.97 Å². The molecule has 0 unspecified atom stereocenters. The van der Waals surface area contributed by atoms with Gasteiger partial charge in [0.1, 0.15) is 6.61 Å². The van der Waals surface area contributed by atoms with E-state index >= 15 is 0 Å². The average Bonchev–Trinajstić information content (AvgIpc) is 2.54. The molecule has 2 rings (SSSR count). The van der Waals surface area contributed by atoms with E-state index in [0.29, 0.717) is 12.2 Å². The zero-order valence-corrected chi connectivity index (χ0v) is 13.0. The molecule has 1 atom stereocenters. The smallest absolute Gasteiger partial charge is 0.307 e. The standard InChI is InChI=1S/C18H20FNO3/c1-2-22-18(21)11-16(20)14-8-9-17(15(19)10-14)23-12-13-6-4-3-5-7-13/h3-10,16H,2,11-12,20H2,1H3/t16-/m0/s1. The molecule has 0 saturated heterocycles. The highest BCUT2D eigenvalue weighted by molar-refractivity contribution is 5.70. The zero-order chi connectivity index (χ0) is 16.7. The van der Waals surface area contributed by atoms with Crippen molar-refractivity contribution < 1.29 is 18.7 Å². The second-order valence-electron chi connectivity index (χ2n) is 5.08. The number of carbonyl (C=O) groups excluding carboxylic acids is 1. The molecule has 2 aromatic rings. The average molecular weight is 317 g/mol. The Balaban J connectivity index is 1.98. The minimum atomic E-state index is -0.605. The van der Waals surface area contributed by atoms with Crippen molar-refractivity contribution >= 4 is 5.97 Å². The molecule has 0 aliphatic carbocycles. The summed E-state index contributed by atoms with van der Waals surface area (Å²) in [7, 11) is 0. The highest BCUT2D eigenvalue weighted by atomic mass is 19.1.